The molecule has 0 aromatic heterocycles. The first-order chi connectivity index (χ1) is 13.6. The van der Waals surface area contributed by atoms with E-state index in [1.807, 2.05) is 30.3 Å². The lowest BCUT2D eigenvalue weighted by atomic mass is 10.0. The Morgan fingerprint density at radius 2 is 1.55 bits per heavy atom. The zero-order valence-electron chi connectivity index (χ0n) is 17.2. The molecular weight excluding hydrogens is 370 g/mol. The highest BCUT2D eigenvalue weighted by Gasteiger charge is 2.20. The lowest BCUT2D eigenvalue weighted by Gasteiger charge is -2.19. The Morgan fingerprint density at radius 3 is 2.10 bits per heavy atom. The highest BCUT2D eigenvalue weighted by Crippen LogP contribution is 2.14. The number of alkyl carbamates (subject to hydrolysis) is 1. The maximum absolute atomic E-state index is 12.1. The molecule has 0 saturated carbocycles. The largest absolute Gasteiger partial charge is 0.456 e. The second kappa shape index (κ2) is 9.87. The van der Waals surface area contributed by atoms with Gasteiger partial charge in [-0.1, -0.05) is 42.5 Å². The molecule has 6 heteroatoms. The number of Topliss-reactive ketones (excluding diaryl/α,β-unsaturated/α-hetero) is 1. The van der Waals surface area contributed by atoms with Crippen LogP contribution >= 0.6 is 0 Å². The van der Waals surface area contributed by atoms with Crippen molar-refractivity contribution < 1.29 is 23.9 Å². The number of ether oxygens (including phenoxy) is 2. The van der Waals surface area contributed by atoms with Crippen LogP contribution in [-0.4, -0.2) is 29.5 Å². The summed E-state index contributed by atoms with van der Waals surface area (Å²) in [6.07, 6.45) is -0.357. The van der Waals surface area contributed by atoms with Gasteiger partial charge in [0.1, 0.15) is 12.2 Å². The van der Waals surface area contributed by atoms with Gasteiger partial charge < -0.3 is 14.8 Å². The molecule has 0 radical (unpaired) electrons. The summed E-state index contributed by atoms with van der Waals surface area (Å²) in [5.74, 6) is -0.590. The lowest BCUT2D eigenvalue weighted by molar-refractivity contribution is -0.118. The van der Waals surface area contributed by atoms with Crippen LogP contribution in [0, 0.1) is 0 Å². The molecule has 0 aliphatic carbocycles. The Morgan fingerprint density at radius 1 is 0.931 bits per heavy atom. The minimum atomic E-state index is -0.717. The Kier molecular flexibility index (Phi) is 7.53. The Bertz CT molecular complexity index is 838. The second-order valence-electron chi connectivity index (χ2n) is 7.77. The van der Waals surface area contributed by atoms with Crippen molar-refractivity contribution in [1.82, 2.24) is 5.32 Å². The first kappa shape index (κ1) is 22.1. The quantitative estimate of drug-likeness (QED) is 0.712. The fraction of sp³-hybridized carbons (Fsp3) is 0.348. The molecule has 0 saturated heterocycles. The van der Waals surface area contributed by atoms with E-state index in [0.717, 1.165) is 11.1 Å². The minimum Gasteiger partial charge on any atom is -0.456 e. The molecule has 2 rings (SSSR count). The smallest absolute Gasteiger partial charge is 0.408 e. The van der Waals surface area contributed by atoms with E-state index < -0.39 is 23.7 Å². The van der Waals surface area contributed by atoms with Gasteiger partial charge in [0.15, 0.2) is 5.78 Å². The van der Waals surface area contributed by atoms with Crippen molar-refractivity contribution in [3.8, 4) is 0 Å². The Hall–Kier alpha value is -3.15. The van der Waals surface area contributed by atoms with Gasteiger partial charge in [-0.15, -0.1) is 0 Å². The fourth-order valence-corrected chi connectivity index (χ4v) is 2.55. The van der Waals surface area contributed by atoms with Crippen LogP contribution in [0.15, 0.2) is 54.6 Å². The Balaban J connectivity index is 1.93. The topological polar surface area (TPSA) is 81.7 Å². The van der Waals surface area contributed by atoms with E-state index in [2.05, 4.69) is 5.32 Å². The molecule has 6 nitrogen and oxygen atoms in total. The van der Waals surface area contributed by atoms with E-state index in [1.165, 1.54) is 6.92 Å². The maximum atomic E-state index is 12.1. The first-order valence-electron chi connectivity index (χ1n) is 9.44. The van der Waals surface area contributed by atoms with Crippen molar-refractivity contribution in [2.45, 2.75) is 52.4 Å². The van der Waals surface area contributed by atoms with Gasteiger partial charge in [-0.2, -0.15) is 0 Å². The molecule has 0 bridgehead atoms. The third kappa shape index (κ3) is 7.78. The van der Waals surface area contributed by atoms with Crippen molar-refractivity contribution in [2.75, 3.05) is 0 Å². The molecule has 2 aromatic carbocycles. The van der Waals surface area contributed by atoms with Crippen LogP contribution < -0.4 is 5.32 Å². The molecular formula is C23H27NO5. The van der Waals surface area contributed by atoms with Crippen molar-refractivity contribution in [3.05, 3.63) is 71.3 Å². The zero-order valence-corrected chi connectivity index (χ0v) is 17.2. The first-order valence-corrected chi connectivity index (χ1v) is 9.44. The molecule has 1 N–H and O–H groups in total. The molecule has 0 fully saturated rings. The van der Waals surface area contributed by atoms with Crippen LogP contribution in [0.25, 0.3) is 0 Å². The summed E-state index contributed by atoms with van der Waals surface area (Å²) in [6.45, 7) is 6.96. The van der Waals surface area contributed by atoms with Crippen LogP contribution in [0.1, 0.15) is 49.2 Å². The molecule has 2 aromatic rings. The van der Waals surface area contributed by atoms with Gasteiger partial charge in [0.2, 0.25) is 0 Å². The average Bonchev–Trinajstić information content (AvgIpc) is 2.66. The number of esters is 1. The predicted molar refractivity (Wildman–Crippen MR) is 110 cm³/mol. The number of hydrogen-bond donors (Lipinski definition) is 1. The molecule has 29 heavy (non-hydrogen) atoms. The summed E-state index contributed by atoms with van der Waals surface area (Å²) in [4.78, 5) is 36.1. The third-order valence-electron chi connectivity index (χ3n) is 4.02. The van der Waals surface area contributed by atoms with Gasteiger partial charge in [-0.05, 0) is 57.4 Å². The van der Waals surface area contributed by atoms with Crippen LogP contribution in [-0.2, 0) is 27.3 Å². The van der Waals surface area contributed by atoms with Gasteiger partial charge in [0, 0.05) is 0 Å². The fourth-order valence-electron chi connectivity index (χ4n) is 2.55. The van der Waals surface area contributed by atoms with E-state index in [9.17, 15) is 14.4 Å². The minimum absolute atomic E-state index is 0.127. The summed E-state index contributed by atoms with van der Waals surface area (Å²) >= 11 is 0. The molecule has 0 heterocycles. The van der Waals surface area contributed by atoms with Gasteiger partial charge in [-0.3, -0.25) is 4.79 Å². The monoisotopic (exact) mass is 397 g/mol. The number of amides is 1. The highest BCUT2D eigenvalue weighted by molar-refractivity contribution is 5.89. The highest BCUT2D eigenvalue weighted by atomic mass is 16.6. The number of rotatable bonds is 7. The molecule has 0 unspecified atom stereocenters. The SMILES string of the molecule is CC(=O)[C@H](Cc1ccc(C(=O)OC(C)(C)C)cc1)NC(=O)OCc1ccccc1. The number of benzene rings is 2. The van der Waals surface area contributed by atoms with Gasteiger partial charge >= 0.3 is 12.1 Å². The average molecular weight is 397 g/mol. The Labute approximate surface area is 171 Å². The van der Waals surface area contributed by atoms with E-state index in [4.69, 9.17) is 9.47 Å². The maximum Gasteiger partial charge on any atom is 0.408 e. The van der Waals surface area contributed by atoms with Gasteiger partial charge in [-0.25, -0.2) is 9.59 Å². The summed E-state index contributed by atoms with van der Waals surface area (Å²) in [5.41, 5.74) is 1.53. The van der Waals surface area contributed by atoms with E-state index >= 15 is 0 Å². The summed E-state index contributed by atoms with van der Waals surface area (Å²) in [5, 5.41) is 2.60. The third-order valence-corrected chi connectivity index (χ3v) is 4.02. The van der Waals surface area contributed by atoms with E-state index in [1.54, 1.807) is 45.0 Å². The van der Waals surface area contributed by atoms with Crippen LogP contribution in [0.2, 0.25) is 0 Å². The predicted octanol–water partition coefficient (Wildman–Crippen LogP) is 4.07. The van der Waals surface area contributed by atoms with Crippen molar-refractivity contribution >= 4 is 17.8 Å². The molecule has 154 valence electrons. The van der Waals surface area contributed by atoms with E-state index in [0.29, 0.717) is 12.0 Å². The molecule has 0 spiro atoms. The second-order valence-corrected chi connectivity index (χ2v) is 7.77. The summed E-state index contributed by atoms with van der Waals surface area (Å²) < 4.78 is 10.5. The molecule has 1 atom stereocenters. The van der Waals surface area contributed by atoms with Crippen LogP contribution in [0.5, 0.6) is 0 Å². The number of carbonyl (C=O) groups excluding carboxylic acids is 3. The summed E-state index contributed by atoms with van der Waals surface area (Å²) in [7, 11) is 0. The molecule has 1 amide bonds. The van der Waals surface area contributed by atoms with Crippen molar-refractivity contribution in [2.24, 2.45) is 0 Å². The summed E-state index contributed by atoms with van der Waals surface area (Å²) in [6, 6.07) is 15.4. The van der Waals surface area contributed by atoms with E-state index in [-0.39, 0.29) is 12.4 Å². The van der Waals surface area contributed by atoms with Gasteiger partial charge in [0.05, 0.1) is 11.6 Å². The number of hydrogen-bond acceptors (Lipinski definition) is 5. The normalized spacial score (nSPS) is 12.0. The number of nitrogens with one attached hydrogen (secondary N) is 1. The zero-order chi connectivity index (χ0) is 21.4. The molecule has 0 aliphatic heterocycles. The van der Waals surface area contributed by atoms with Crippen LogP contribution in [0.3, 0.4) is 0 Å². The van der Waals surface area contributed by atoms with Gasteiger partial charge in [0.25, 0.3) is 0 Å². The van der Waals surface area contributed by atoms with Crippen LogP contribution in [0.4, 0.5) is 4.79 Å². The number of carbonyl (C=O) groups is 3. The standard InChI is InChI=1S/C23H27NO5/c1-16(25)20(24-22(27)28-15-18-8-6-5-7-9-18)14-17-10-12-19(13-11-17)21(26)29-23(2,3)4/h5-13,20H,14-15H2,1-4H3,(H,24,27)/t20-/m0/s1. The van der Waals surface area contributed by atoms with Crippen molar-refractivity contribution in [3.63, 3.8) is 0 Å². The van der Waals surface area contributed by atoms with Crippen molar-refractivity contribution in [1.29, 1.82) is 0 Å². The molecule has 0 aliphatic rings. The number of ketones is 1. The lowest BCUT2D eigenvalue weighted by Crippen LogP contribution is -2.41.